The second-order valence-corrected chi connectivity index (χ2v) is 11.6. The zero-order chi connectivity index (χ0) is 29.0. The van der Waals surface area contributed by atoms with E-state index in [0.717, 1.165) is 5.56 Å². The van der Waals surface area contributed by atoms with Crippen LogP contribution >= 0.6 is 0 Å². The van der Waals surface area contributed by atoms with E-state index < -0.39 is 28.3 Å². The number of nitrogens with zero attached hydrogens (tertiary/aromatic N) is 3. The molecule has 1 aliphatic rings. The third kappa shape index (κ3) is 6.80. The molecule has 0 radical (unpaired) electrons. The first-order valence-electron chi connectivity index (χ1n) is 12.7. The van der Waals surface area contributed by atoms with Gasteiger partial charge in [-0.15, -0.1) is 0 Å². The largest absolute Gasteiger partial charge is 0.355 e. The van der Waals surface area contributed by atoms with Crippen LogP contribution in [0.4, 0.5) is 20.2 Å². The van der Waals surface area contributed by atoms with Gasteiger partial charge in [0.05, 0.1) is 17.8 Å². The van der Waals surface area contributed by atoms with Crippen LogP contribution in [0.15, 0.2) is 59.8 Å². The molecule has 212 valence electrons. The van der Waals surface area contributed by atoms with Crippen LogP contribution in [0, 0.1) is 18.6 Å². The summed E-state index contributed by atoms with van der Waals surface area (Å²) in [5.41, 5.74) is 2.37. The molecule has 0 spiro atoms. The van der Waals surface area contributed by atoms with Crippen molar-refractivity contribution in [3.05, 3.63) is 83.1 Å². The minimum Gasteiger partial charge on any atom is -0.355 e. The van der Waals surface area contributed by atoms with Gasteiger partial charge in [-0.25, -0.2) is 26.9 Å². The Morgan fingerprint density at radius 3 is 2.27 bits per heavy atom. The highest BCUT2D eigenvalue weighted by molar-refractivity contribution is 7.89. The lowest BCUT2D eigenvalue weighted by Crippen LogP contribution is -2.38. The Labute approximate surface area is 232 Å². The lowest BCUT2D eigenvalue weighted by atomic mass is 9.89. The zero-order valence-corrected chi connectivity index (χ0v) is 23.3. The highest BCUT2D eigenvalue weighted by atomic mass is 32.2. The van der Waals surface area contributed by atoms with Gasteiger partial charge in [-0.1, -0.05) is 12.1 Å². The molecule has 0 saturated carbocycles. The number of aryl methyl sites for hydroxylation is 1. The van der Waals surface area contributed by atoms with E-state index in [1.165, 1.54) is 61.6 Å². The summed E-state index contributed by atoms with van der Waals surface area (Å²) in [4.78, 5) is 32.5. The van der Waals surface area contributed by atoms with Crippen LogP contribution < -0.4 is 10.0 Å². The molecule has 12 heteroatoms. The predicted octanol–water partition coefficient (Wildman–Crippen LogP) is 3.80. The van der Waals surface area contributed by atoms with Crippen LogP contribution in [0.3, 0.4) is 0 Å². The maximum Gasteiger partial charge on any atom is 0.258 e. The van der Waals surface area contributed by atoms with Gasteiger partial charge in [0.25, 0.3) is 15.9 Å². The van der Waals surface area contributed by atoms with Crippen molar-refractivity contribution in [2.75, 3.05) is 39.0 Å². The molecular formula is C28H31F2N5O4S. The molecule has 1 aromatic heterocycles. The van der Waals surface area contributed by atoms with Crippen LogP contribution in [-0.4, -0.2) is 68.7 Å². The molecule has 0 unspecified atom stereocenters. The molecule has 2 amide bonds. The number of sulfonamides is 1. The number of nitrogens with one attached hydrogen (secondary N) is 2. The number of carbonyl (C=O) groups is 2. The minimum absolute atomic E-state index is 0.146. The van der Waals surface area contributed by atoms with Gasteiger partial charge >= 0.3 is 0 Å². The molecule has 0 atom stereocenters. The van der Waals surface area contributed by atoms with Gasteiger partial charge in [0, 0.05) is 45.1 Å². The third-order valence-electron chi connectivity index (χ3n) is 6.88. The molecule has 1 fully saturated rings. The number of benzene rings is 2. The second kappa shape index (κ2) is 12.1. The fourth-order valence-electron chi connectivity index (χ4n) is 4.48. The van der Waals surface area contributed by atoms with E-state index >= 15 is 0 Å². The molecule has 2 heterocycles. The highest BCUT2D eigenvalue weighted by Gasteiger charge is 2.28. The molecular weight excluding hydrogens is 540 g/mol. The first-order chi connectivity index (χ1) is 18.9. The van der Waals surface area contributed by atoms with E-state index in [4.69, 9.17) is 0 Å². The maximum atomic E-state index is 13.7. The number of piperidine rings is 1. The standard InChI is InChI=1S/C28H31F2N5O4S/c1-18-14-22(30)8-9-24(18)33-25-15-26(40(38,39)32-17-27(36)34(2)3)31-16-23(25)28(37)35-12-10-20(11-13-35)19-4-6-21(29)7-5-19/h4-9,14-16,20,32H,10-13,17H2,1-3H3,(H,31,33). The number of halogens is 2. The summed E-state index contributed by atoms with van der Waals surface area (Å²) < 4.78 is 55.1. The second-order valence-electron chi connectivity index (χ2n) is 9.88. The fourth-order valence-corrected chi connectivity index (χ4v) is 5.41. The third-order valence-corrected chi connectivity index (χ3v) is 8.18. The van der Waals surface area contributed by atoms with Gasteiger partial charge in [-0.05, 0) is 67.1 Å². The van der Waals surface area contributed by atoms with Gasteiger partial charge in [0.2, 0.25) is 5.91 Å². The number of rotatable bonds is 8. The summed E-state index contributed by atoms with van der Waals surface area (Å²) in [5.74, 6) is -1.33. The normalized spacial score (nSPS) is 14.2. The Morgan fingerprint density at radius 1 is 1.00 bits per heavy atom. The summed E-state index contributed by atoms with van der Waals surface area (Å²) in [7, 11) is -1.18. The van der Waals surface area contributed by atoms with E-state index in [-0.39, 0.29) is 33.9 Å². The Balaban J connectivity index is 1.60. The van der Waals surface area contributed by atoms with Gasteiger partial charge in [-0.3, -0.25) is 9.59 Å². The molecule has 9 nitrogen and oxygen atoms in total. The van der Waals surface area contributed by atoms with Crippen molar-refractivity contribution in [2.45, 2.75) is 30.7 Å². The molecule has 2 N–H and O–H groups in total. The Morgan fingerprint density at radius 2 is 1.65 bits per heavy atom. The molecule has 1 aliphatic heterocycles. The van der Waals surface area contributed by atoms with Gasteiger partial charge in [0.15, 0.2) is 5.03 Å². The smallest absolute Gasteiger partial charge is 0.258 e. The van der Waals surface area contributed by atoms with E-state index in [1.807, 2.05) is 0 Å². The van der Waals surface area contributed by atoms with E-state index in [9.17, 15) is 26.8 Å². The van der Waals surface area contributed by atoms with E-state index in [0.29, 0.717) is 37.2 Å². The number of amides is 2. The SMILES string of the molecule is Cc1cc(F)ccc1Nc1cc(S(=O)(=O)NCC(=O)N(C)C)ncc1C(=O)N1CCC(c2ccc(F)cc2)CC1. The van der Waals surface area contributed by atoms with Crippen molar-refractivity contribution in [1.82, 2.24) is 19.5 Å². The van der Waals surface area contributed by atoms with Crippen molar-refractivity contribution >= 4 is 33.2 Å². The molecule has 0 aliphatic carbocycles. The summed E-state index contributed by atoms with van der Waals surface area (Å²) in [6.45, 7) is 2.12. The molecule has 1 saturated heterocycles. The monoisotopic (exact) mass is 571 g/mol. The number of hydrogen-bond acceptors (Lipinski definition) is 6. The predicted molar refractivity (Wildman–Crippen MR) is 147 cm³/mol. The number of anilines is 2. The summed E-state index contributed by atoms with van der Waals surface area (Å²) in [6, 6.07) is 11.7. The Hall–Kier alpha value is -3.90. The van der Waals surface area contributed by atoms with Crippen LogP contribution in [0.2, 0.25) is 0 Å². The fraction of sp³-hybridized carbons (Fsp3) is 0.321. The quantitative estimate of drug-likeness (QED) is 0.426. The molecule has 3 aromatic rings. The molecule has 0 bridgehead atoms. The lowest BCUT2D eigenvalue weighted by Gasteiger charge is -2.32. The molecule has 40 heavy (non-hydrogen) atoms. The number of likely N-dealkylation sites (tertiary alicyclic amines) is 1. The van der Waals surface area contributed by atoms with Gasteiger partial charge in [-0.2, -0.15) is 0 Å². The molecule has 2 aromatic carbocycles. The van der Waals surface area contributed by atoms with Crippen molar-refractivity contribution in [2.24, 2.45) is 0 Å². The average Bonchev–Trinajstić information content (AvgIpc) is 2.93. The van der Waals surface area contributed by atoms with Crippen molar-refractivity contribution in [3.8, 4) is 0 Å². The van der Waals surface area contributed by atoms with E-state index in [2.05, 4.69) is 15.0 Å². The number of pyridine rings is 1. The number of hydrogen-bond donors (Lipinski definition) is 2. The number of likely N-dealkylation sites (N-methyl/N-ethyl adjacent to an activating group) is 1. The number of aromatic nitrogens is 1. The number of carbonyl (C=O) groups excluding carboxylic acids is 2. The molecule has 4 rings (SSSR count). The summed E-state index contributed by atoms with van der Waals surface area (Å²) >= 11 is 0. The first kappa shape index (κ1) is 29.1. The lowest BCUT2D eigenvalue weighted by molar-refractivity contribution is -0.127. The van der Waals surface area contributed by atoms with Crippen molar-refractivity contribution < 1.29 is 26.8 Å². The average molecular weight is 572 g/mol. The first-order valence-corrected chi connectivity index (χ1v) is 14.2. The highest BCUT2D eigenvalue weighted by Crippen LogP contribution is 2.31. The summed E-state index contributed by atoms with van der Waals surface area (Å²) in [5, 5.41) is 2.68. The Kier molecular flexibility index (Phi) is 8.79. The van der Waals surface area contributed by atoms with Gasteiger partial charge < -0.3 is 15.1 Å². The summed E-state index contributed by atoms with van der Waals surface area (Å²) in [6.07, 6.45) is 2.56. The van der Waals surface area contributed by atoms with Crippen molar-refractivity contribution in [1.29, 1.82) is 0 Å². The minimum atomic E-state index is -4.19. The van der Waals surface area contributed by atoms with Crippen LogP contribution in [0.5, 0.6) is 0 Å². The van der Waals surface area contributed by atoms with Crippen LogP contribution in [-0.2, 0) is 14.8 Å². The zero-order valence-electron chi connectivity index (χ0n) is 22.4. The van der Waals surface area contributed by atoms with Crippen molar-refractivity contribution in [3.63, 3.8) is 0 Å². The Bertz CT molecular complexity index is 1510. The van der Waals surface area contributed by atoms with E-state index in [1.54, 1.807) is 24.0 Å². The topological polar surface area (TPSA) is 112 Å². The van der Waals surface area contributed by atoms with Crippen LogP contribution in [0.1, 0.15) is 40.2 Å². The van der Waals surface area contributed by atoms with Crippen LogP contribution in [0.25, 0.3) is 0 Å². The van der Waals surface area contributed by atoms with Gasteiger partial charge in [0.1, 0.15) is 11.6 Å². The maximum absolute atomic E-state index is 13.7.